The molecular weight excluding hydrogens is 200 g/mol. The summed E-state index contributed by atoms with van der Waals surface area (Å²) in [6.07, 6.45) is 5.80. The molecule has 2 fully saturated rings. The average Bonchev–Trinajstić information content (AvgIpc) is 2.26. The number of likely N-dealkylation sites (tertiary alicyclic amines) is 1. The molecule has 2 aliphatic rings. The molecule has 1 N–H and O–H groups in total. The van der Waals surface area contributed by atoms with Crippen LogP contribution in [0.15, 0.2) is 0 Å². The van der Waals surface area contributed by atoms with Gasteiger partial charge in [0.15, 0.2) is 0 Å². The van der Waals surface area contributed by atoms with Crippen LogP contribution in [0, 0.1) is 5.92 Å². The lowest BCUT2D eigenvalue weighted by Gasteiger charge is -2.47. The molecule has 2 unspecified atom stereocenters. The summed E-state index contributed by atoms with van der Waals surface area (Å²) in [5, 5.41) is 10.5. The van der Waals surface area contributed by atoms with E-state index in [1.165, 1.54) is 19.3 Å². The Balaban J connectivity index is 1.84. The molecular formula is C13H26N2O. The number of likely N-dealkylation sites (N-methyl/N-ethyl adjacent to an activating group) is 1. The highest BCUT2D eigenvalue weighted by atomic mass is 16.3. The second-order valence-electron chi connectivity index (χ2n) is 5.90. The van der Waals surface area contributed by atoms with E-state index in [2.05, 4.69) is 23.9 Å². The zero-order valence-electron chi connectivity index (χ0n) is 10.8. The quantitative estimate of drug-likeness (QED) is 0.783. The molecule has 2 rings (SSSR count). The van der Waals surface area contributed by atoms with Crippen LogP contribution in [-0.4, -0.2) is 60.8 Å². The smallest absolute Gasteiger partial charge is 0.0700 e. The number of piperidine rings is 1. The first-order valence-corrected chi connectivity index (χ1v) is 6.70. The summed E-state index contributed by atoms with van der Waals surface area (Å²) in [7, 11) is 4.25. The molecule has 0 spiro atoms. The van der Waals surface area contributed by atoms with Crippen LogP contribution in [0.2, 0.25) is 0 Å². The molecule has 0 amide bonds. The standard InChI is InChI=1S/C13H26N2O/c1-14(2)9-10-15-8-7-13(16)6-4-3-5-12(13)11-15/h12,16H,3-11H2,1-2H3. The molecule has 1 aliphatic heterocycles. The molecule has 3 heteroatoms. The molecule has 0 bridgehead atoms. The minimum Gasteiger partial charge on any atom is -0.390 e. The number of hydrogen-bond acceptors (Lipinski definition) is 3. The Labute approximate surface area is 99.4 Å². The molecule has 2 atom stereocenters. The van der Waals surface area contributed by atoms with Gasteiger partial charge in [-0.1, -0.05) is 12.8 Å². The first-order valence-electron chi connectivity index (χ1n) is 6.70. The van der Waals surface area contributed by atoms with Gasteiger partial charge in [-0.05, 0) is 33.4 Å². The number of fused-ring (bicyclic) bond motifs is 1. The van der Waals surface area contributed by atoms with Crippen molar-refractivity contribution >= 4 is 0 Å². The second kappa shape index (κ2) is 5.03. The van der Waals surface area contributed by atoms with Crippen LogP contribution < -0.4 is 0 Å². The van der Waals surface area contributed by atoms with E-state index in [9.17, 15) is 5.11 Å². The van der Waals surface area contributed by atoms with E-state index in [1.54, 1.807) is 0 Å². The summed E-state index contributed by atoms with van der Waals surface area (Å²) < 4.78 is 0. The summed E-state index contributed by atoms with van der Waals surface area (Å²) in [6, 6.07) is 0. The lowest BCUT2D eigenvalue weighted by Crippen LogP contribution is -2.54. The molecule has 1 saturated heterocycles. The summed E-state index contributed by atoms with van der Waals surface area (Å²) in [4.78, 5) is 4.77. The zero-order valence-corrected chi connectivity index (χ0v) is 10.8. The molecule has 1 aliphatic carbocycles. The SMILES string of the molecule is CN(C)CCN1CCC2(O)CCCCC2C1. The Kier molecular flexibility index (Phi) is 3.88. The third-order valence-electron chi connectivity index (χ3n) is 4.38. The Hall–Kier alpha value is -0.120. The Morgan fingerprint density at radius 1 is 1.31 bits per heavy atom. The van der Waals surface area contributed by atoms with Crippen molar-refractivity contribution in [3.63, 3.8) is 0 Å². The van der Waals surface area contributed by atoms with E-state index in [-0.39, 0.29) is 5.60 Å². The van der Waals surface area contributed by atoms with Crippen molar-refractivity contribution in [1.82, 2.24) is 9.80 Å². The fraction of sp³-hybridized carbons (Fsp3) is 1.00. The summed E-state index contributed by atoms with van der Waals surface area (Å²) >= 11 is 0. The van der Waals surface area contributed by atoms with Crippen LogP contribution in [0.5, 0.6) is 0 Å². The van der Waals surface area contributed by atoms with Crippen LogP contribution in [0.3, 0.4) is 0 Å². The molecule has 0 aromatic rings. The third-order valence-corrected chi connectivity index (χ3v) is 4.38. The largest absolute Gasteiger partial charge is 0.390 e. The van der Waals surface area contributed by atoms with Crippen LogP contribution in [-0.2, 0) is 0 Å². The lowest BCUT2D eigenvalue weighted by atomic mass is 9.71. The van der Waals surface area contributed by atoms with E-state index in [1.807, 2.05) is 0 Å². The van der Waals surface area contributed by atoms with Crippen molar-refractivity contribution in [3.8, 4) is 0 Å². The predicted molar refractivity (Wildman–Crippen MR) is 66.5 cm³/mol. The minimum absolute atomic E-state index is 0.313. The minimum atomic E-state index is -0.313. The van der Waals surface area contributed by atoms with Crippen LogP contribution in [0.1, 0.15) is 32.1 Å². The average molecular weight is 226 g/mol. The number of aliphatic hydroxyl groups is 1. The monoisotopic (exact) mass is 226 g/mol. The first-order chi connectivity index (χ1) is 7.60. The summed E-state index contributed by atoms with van der Waals surface area (Å²) in [6.45, 7) is 4.48. The molecule has 1 heterocycles. The van der Waals surface area contributed by atoms with Gasteiger partial charge in [-0.25, -0.2) is 0 Å². The molecule has 16 heavy (non-hydrogen) atoms. The second-order valence-corrected chi connectivity index (χ2v) is 5.90. The highest BCUT2D eigenvalue weighted by Crippen LogP contribution is 2.39. The maximum atomic E-state index is 10.5. The first kappa shape index (κ1) is 12.3. The van der Waals surface area contributed by atoms with E-state index in [0.717, 1.165) is 39.0 Å². The fourth-order valence-electron chi connectivity index (χ4n) is 3.18. The van der Waals surface area contributed by atoms with Crippen molar-refractivity contribution in [2.75, 3.05) is 40.3 Å². The van der Waals surface area contributed by atoms with E-state index in [4.69, 9.17) is 0 Å². The maximum absolute atomic E-state index is 10.5. The van der Waals surface area contributed by atoms with Crippen molar-refractivity contribution in [3.05, 3.63) is 0 Å². The van der Waals surface area contributed by atoms with Crippen molar-refractivity contribution in [1.29, 1.82) is 0 Å². The molecule has 0 aromatic heterocycles. The third kappa shape index (κ3) is 2.76. The van der Waals surface area contributed by atoms with E-state index in [0.29, 0.717) is 5.92 Å². The molecule has 0 aromatic carbocycles. The zero-order chi connectivity index (χ0) is 11.6. The number of hydrogen-bond donors (Lipinski definition) is 1. The summed E-state index contributed by atoms with van der Waals surface area (Å²) in [5.74, 6) is 0.539. The van der Waals surface area contributed by atoms with Gasteiger partial charge in [0.05, 0.1) is 5.60 Å². The van der Waals surface area contributed by atoms with E-state index >= 15 is 0 Å². The Morgan fingerprint density at radius 3 is 2.88 bits per heavy atom. The van der Waals surface area contributed by atoms with Gasteiger partial charge in [-0.3, -0.25) is 0 Å². The van der Waals surface area contributed by atoms with Crippen LogP contribution >= 0.6 is 0 Å². The molecule has 0 radical (unpaired) electrons. The van der Waals surface area contributed by atoms with Gasteiger partial charge in [-0.2, -0.15) is 0 Å². The van der Waals surface area contributed by atoms with Crippen molar-refractivity contribution in [2.24, 2.45) is 5.92 Å². The van der Waals surface area contributed by atoms with E-state index < -0.39 is 0 Å². The summed E-state index contributed by atoms with van der Waals surface area (Å²) in [5.41, 5.74) is -0.313. The Bertz CT molecular complexity index is 232. The maximum Gasteiger partial charge on any atom is 0.0700 e. The van der Waals surface area contributed by atoms with Crippen LogP contribution in [0.25, 0.3) is 0 Å². The van der Waals surface area contributed by atoms with Crippen molar-refractivity contribution < 1.29 is 5.11 Å². The highest BCUT2D eigenvalue weighted by Gasteiger charge is 2.42. The van der Waals surface area contributed by atoms with Gasteiger partial charge in [-0.15, -0.1) is 0 Å². The topological polar surface area (TPSA) is 26.7 Å². The lowest BCUT2D eigenvalue weighted by molar-refractivity contribution is -0.0956. The van der Waals surface area contributed by atoms with Gasteiger partial charge in [0.2, 0.25) is 0 Å². The number of nitrogens with zero attached hydrogens (tertiary/aromatic N) is 2. The number of rotatable bonds is 3. The molecule has 94 valence electrons. The van der Waals surface area contributed by atoms with Gasteiger partial charge < -0.3 is 14.9 Å². The molecule has 1 saturated carbocycles. The van der Waals surface area contributed by atoms with Gasteiger partial charge in [0, 0.05) is 32.1 Å². The van der Waals surface area contributed by atoms with Gasteiger partial charge in [0.1, 0.15) is 0 Å². The van der Waals surface area contributed by atoms with Crippen LogP contribution in [0.4, 0.5) is 0 Å². The fourth-order valence-corrected chi connectivity index (χ4v) is 3.18. The highest BCUT2D eigenvalue weighted by molar-refractivity contribution is 4.95. The van der Waals surface area contributed by atoms with Crippen molar-refractivity contribution in [2.45, 2.75) is 37.7 Å². The predicted octanol–water partition coefficient (Wildman–Crippen LogP) is 1.17. The molecule has 3 nitrogen and oxygen atoms in total. The Morgan fingerprint density at radius 2 is 2.12 bits per heavy atom. The van der Waals surface area contributed by atoms with Gasteiger partial charge in [0.25, 0.3) is 0 Å². The normalized spacial score (nSPS) is 36.4. The van der Waals surface area contributed by atoms with Gasteiger partial charge >= 0.3 is 0 Å².